The lowest BCUT2D eigenvalue weighted by Gasteiger charge is -2.12. The van der Waals surface area contributed by atoms with Gasteiger partial charge in [0.1, 0.15) is 5.76 Å². The van der Waals surface area contributed by atoms with Gasteiger partial charge in [0.2, 0.25) is 0 Å². The van der Waals surface area contributed by atoms with Crippen LogP contribution < -0.4 is 0 Å². The minimum atomic E-state index is 0.0616. The van der Waals surface area contributed by atoms with Crippen LogP contribution in [0.25, 0.3) is 0 Å². The molecule has 1 fully saturated rings. The predicted molar refractivity (Wildman–Crippen MR) is 53.6 cm³/mol. The van der Waals surface area contributed by atoms with E-state index in [0.29, 0.717) is 0 Å². The summed E-state index contributed by atoms with van der Waals surface area (Å²) in [5.41, 5.74) is 2.39. The van der Waals surface area contributed by atoms with Crippen molar-refractivity contribution in [3.05, 3.63) is 23.1 Å². The monoisotopic (exact) mass is 177 g/mol. The van der Waals surface area contributed by atoms with Crippen molar-refractivity contribution >= 4 is 6.21 Å². The number of aliphatic imine (C=N–C) groups is 1. The van der Waals surface area contributed by atoms with Crippen molar-refractivity contribution in [2.45, 2.75) is 27.2 Å². The maximum atomic E-state index is 5.54. The molecular weight excluding hydrogens is 162 g/mol. The highest BCUT2D eigenvalue weighted by atomic mass is 16.5. The lowest BCUT2D eigenvalue weighted by Crippen LogP contribution is -2.08. The highest BCUT2D eigenvalue weighted by molar-refractivity contribution is 5.70. The summed E-state index contributed by atoms with van der Waals surface area (Å²) in [5, 5.41) is 0. The van der Waals surface area contributed by atoms with Gasteiger partial charge in [0.05, 0.1) is 12.3 Å². The molecule has 0 radical (unpaired) electrons. The van der Waals surface area contributed by atoms with Crippen molar-refractivity contribution < 1.29 is 4.74 Å². The summed E-state index contributed by atoms with van der Waals surface area (Å²) in [4.78, 5) is 4.40. The van der Waals surface area contributed by atoms with Gasteiger partial charge in [-0.3, -0.25) is 4.99 Å². The topological polar surface area (TPSA) is 21.6 Å². The number of hydrogen-bond acceptors (Lipinski definition) is 2. The van der Waals surface area contributed by atoms with E-state index >= 15 is 0 Å². The highest BCUT2D eigenvalue weighted by Crippen LogP contribution is 2.33. The van der Waals surface area contributed by atoms with Crippen molar-refractivity contribution in [1.29, 1.82) is 0 Å². The zero-order chi connectivity index (χ0) is 9.47. The minimum absolute atomic E-state index is 0.0616. The SMILES string of the molecule is CC1=C2OCCC2=CC(C)(C)C=N1. The van der Waals surface area contributed by atoms with Gasteiger partial charge in [-0.05, 0) is 12.5 Å². The second kappa shape index (κ2) is 2.72. The first-order valence-corrected chi connectivity index (χ1v) is 4.69. The molecule has 2 aliphatic heterocycles. The van der Waals surface area contributed by atoms with E-state index in [9.17, 15) is 0 Å². The zero-order valence-electron chi connectivity index (χ0n) is 8.42. The Hall–Kier alpha value is -1.05. The lowest BCUT2D eigenvalue weighted by atomic mass is 9.92. The van der Waals surface area contributed by atoms with Gasteiger partial charge >= 0.3 is 0 Å². The van der Waals surface area contributed by atoms with Gasteiger partial charge in [0, 0.05) is 18.1 Å². The van der Waals surface area contributed by atoms with Gasteiger partial charge < -0.3 is 4.74 Å². The molecule has 0 aromatic carbocycles. The smallest absolute Gasteiger partial charge is 0.143 e. The van der Waals surface area contributed by atoms with Crippen LogP contribution in [0.3, 0.4) is 0 Å². The Morgan fingerprint density at radius 3 is 3.00 bits per heavy atom. The van der Waals surface area contributed by atoms with E-state index in [4.69, 9.17) is 4.74 Å². The fraction of sp³-hybridized carbons (Fsp3) is 0.545. The van der Waals surface area contributed by atoms with Crippen LogP contribution in [0.15, 0.2) is 28.1 Å². The Kier molecular flexibility index (Phi) is 1.79. The molecule has 1 saturated heterocycles. The predicted octanol–water partition coefficient (Wildman–Crippen LogP) is 2.68. The quantitative estimate of drug-likeness (QED) is 0.557. The number of fused-ring (bicyclic) bond motifs is 1. The van der Waals surface area contributed by atoms with E-state index in [1.54, 1.807) is 0 Å². The van der Waals surface area contributed by atoms with Gasteiger partial charge in [-0.2, -0.15) is 0 Å². The molecule has 0 N–H and O–H groups in total. The number of nitrogens with zero attached hydrogens (tertiary/aromatic N) is 1. The van der Waals surface area contributed by atoms with Gasteiger partial charge in [-0.25, -0.2) is 0 Å². The molecule has 0 spiro atoms. The molecule has 0 bridgehead atoms. The molecule has 0 unspecified atom stereocenters. The second-order valence-corrected chi connectivity index (χ2v) is 4.26. The maximum Gasteiger partial charge on any atom is 0.143 e. The molecule has 70 valence electrons. The van der Waals surface area contributed by atoms with Crippen molar-refractivity contribution in [2.24, 2.45) is 10.4 Å². The van der Waals surface area contributed by atoms with Crippen LogP contribution in [-0.2, 0) is 4.74 Å². The van der Waals surface area contributed by atoms with E-state index < -0.39 is 0 Å². The Morgan fingerprint density at radius 2 is 2.23 bits per heavy atom. The van der Waals surface area contributed by atoms with Gasteiger partial charge in [-0.15, -0.1) is 0 Å². The second-order valence-electron chi connectivity index (χ2n) is 4.26. The Labute approximate surface area is 79.0 Å². The maximum absolute atomic E-state index is 5.54. The van der Waals surface area contributed by atoms with Crippen molar-refractivity contribution in [1.82, 2.24) is 0 Å². The Morgan fingerprint density at radius 1 is 1.46 bits per heavy atom. The van der Waals surface area contributed by atoms with Crippen LogP contribution in [0.1, 0.15) is 27.2 Å². The third-order valence-corrected chi connectivity index (χ3v) is 2.38. The Balaban J connectivity index is 2.49. The zero-order valence-corrected chi connectivity index (χ0v) is 8.42. The van der Waals surface area contributed by atoms with Crippen LogP contribution in [0.4, 0.5) is 0 Å². The average molecular weight is 177 g/mol. The first-order valence-electron chi connectivity index (χ1n) is 4.69. The van der Waals surface area contributed by atoms with E-state index in [2.05, 4.69) is 24.9 Å². The van der Waals surface area contributed by atoms with Crippen LogP contribution >= 0.6 is 0 Å². The summed E-state index contributed by atoms with van der Waals surface area (Å²) in [7, 11) is 0. The van der Waals surface area contributed by atoms with Gasteiger partial charge in [-0.1, -0.05) is 19.9 Å². The van der Waals surface area contributed by atoms with Crippen LogP contribution in [0, 0.1) is 5.41 Å². The highest BCUT2D eigenvalue weighted by Gasteiger charge is 2.24. The first-order chi connectivity index (χ1) is 6.08. The summed E-state index contributed by atoms with van der Waals surface area (Å²) in [6.07, 6.45) is 5.28. The summed E-state index contributed by atoms with van der Waals surface area (Å²) in [5.74, 6) is 1.00. The molecule has 0 amide bonds. The average Bonchev–Trinajstić information content (AvgIpc) is 2.44. The van der Waals surface area contributed by atoms with Crippen molar-refractivity contribution in [3.63, 3.8) is 0 Å². The van der Waals surface area contributed by atoms with Crippen LogP contribution in [-0.4, -0.2) is 12.8 Å². The van der Waals surface area contributed by atoms with E-state index in [1.165, 1.54) is 5.57 Å². The van der Waals surface area contributed by atoms with E-state index in [-0.39, 0.29) is 5.41 Å². The summed E-state index contributed by atoms with van der Waals surface area (Å²) < 4.78 is 5.54. The molecule has 2 heteroatoms. The molecule has 0 aliphatic carbocycles. The molecular formula is C11H15NO. The Bertz CT molecular complexity index is 321. The summed E-state index contributed by atoms with van der Waals surface area (Å²) in [6.45, 7) is 7.15. The van der Waals surface area contributed by atoms with Gasteiger partial charge in [0.25, 0.3) is 0 Å². The summed E-state index contributed by atoms with van der Waals surface area (Å²) in [6, 6.07) is 0. The summed E-state index contributed by atoms with van der Waals surface area (Å²) >= 11 is 0. The molecule has 0 aromatic rings. The number of hydrogen-bond donors (Lipinski definition) is 0. The fourth-order valence-electron chi connectivity index (χ4n) is 1.75. The number of rotatable bonds is 0. The molecule has 0 aromatic heterocycles. The molecule has 2 rings (SSSR count). The fourth-order valence-corrected chi connectivity index (χ4v) is 1.75. The standard InChI is InChI=1S/C11H15NO/c1-8-10-9(4-5-13-10)6-11(2,3)7-12-8/h6-7H,4-5H2,1-3H3. The third kappa shape index (κ3) is 1.53. The van der Waals surface area contributed by atoms with E-state index in [1.807, 2.05) is 13.1 Å². The largest absolute Gasteiger partial charge is 0.491 e. The lowest BCUT2D eigenvalue weighted by molar-refractivity contribution is 0.262. The normalized spacial score (nSPS) is 25.0. The molecule has 13 heavy (non-hydrogen) atoms. The number of allylic oxidation sites excluding steroid dienone is 3. The molecule has 0 atom stereocenters. The molecule has 2 heterocycles. The van der Waals surface area contributed by atoms with Crippen LogP contribution in [0.2, 0.25) is 0 Å². The first kappa shape index (κ1) is 8.54. The van der Waals surface area contributed by atoms with Crippen molar-refractivity contribution in [2.75, 3.05) is 6.61 Å². The number of ether oxygens (including phenoxy) is 1. The van der Waals surface area contributed by atoms with E-state index in [0.717, 1.165) is 24.5 Å². The minimum Gasteiger partial charge on any atom is -0.491 e. The van der Waals surface area contributed by atoms with Gasteiger partial charge in [0.15, 0.2) is 0 Å². The molecule has 2 aliphatic rings. The van der Waals surface area contributed by atoms with Crippen LogP contribution in [0.5, 0.6) is 0 Å². The molecule has 0 saturated carbocycles. The molecule has 2 nitrogen and oxygen atoms in total. The third-order valence-electron chi connectivity index (χ3n) is 2.38. The van der Waals surface area contributed by atoms with Crippen molar-refractivity contribution in [3.8, 4) is 0 Å².